The molecule has 2 aromatic rings. The number of sulfonamides is 1. The Balaban J connectivity index is 1.72. The Labute approximate surface area is 162 Å². The number of hydrogen-bond donors (Lipinski definition) is 3. The van der Waals surface area contributed by atoms with Crippen LogP contribution in [0.2, 0.25) is 5.02 Å². The molecule has 1 aromatic carbocycles. The summed E-state index contributed by atoms with van der Waals surface area (Å²) in [5.74, 6) is 0.258. The first kappa shape index (κ1) is 19.2. The first-order valence-corrected chi connectivity index (χ1v) is 11.3. The van der Waals surface area contributed by atoms with Gasteiger partial charge < -0.3 is 10.6 Å². The minimum Gasteiger partial charge on any atom is -0.321 e. The summed E-state index contributed by atoms with van der Waals surface area (Å²) in [4.78, 5) is 13.1. The van der Waals surface area contributed by atoms with E-state index in [2.05, 4.69) is 15.4 Å². The molecule has 6 nitrogen and oxygen atoms in total. The van der Waals surface area contributed by atoms with Crippen LogP contribution in [0, 0.1) is 0 Å². The lowest BCUT2D eigenvalue weighted by atomic mass is 9.92. The van der Waals surface area contributed by atoms with Crippen LogP contribution in [0.4, 0.5) is 11.4 Å². The number of carbonyl (C=O) groups excluding carboxylic acids is 1. The molecule has 140 valence electrons. The molecule has 0 atom stereocenters. The number of anilines is 2. The van der Waals surface area contributed by atoms with Gasteiger partial charge in [0, 0.05) is 10.7 Å². The maximum Gasteiger partial charge on any atom is 0.265 e. The molecule has 1 saturated heterocycles. The van der Waals surface area contributed by atoms with Crippen molar-refractivity contribution in [2.45, 2.75) is 18.8 Å². The zero-order valence-electron chi connectivity index (χ0n) is 14.2. The van der Waals surface area contributed by atoms with Crippen LogP contribution in [0.25, 0.3) is 0 Å². The lowest BCUT2D eigenvalue weighted by molar-refractivity contribution is 0.103. The van der Waals surface area contributed by atoms with Gasteiger partial charge >= 0.3 is 0 Å². The number of hydrogen-bond acceptors (Lipinski definition) is 5. The fourth-order valence-electron chi connectivity index (χ4n) is 2.97. The highest BCUT2D eigenvalue weighted by atomic mass is 35.5. The van der Waals surface area contributed by atoms with Crippen LogP contribution in [0.1, 0.15) is 34.0 Å². The van der Waals surface area contributed by atoms with E-state index in [1.54, 1.807) is 6.07 Å². The van der Waals surface area contributed by atoms with E-state index in [4.69, 9.17) is 11.6 Å². The average molecular weight is 414 g/mol. The fourth-order valence-corrected chi connectivity index (χ4v) is 4.63. The van der Waals surface area contributed by atoms with Crippen LogP contribution < -0.4 is 15.4 Å². The number of thiophene rings is 1. The molecule has 1 aliphatic heterocycles. The largest absolute Gasteiger partial charge is 0.321 e. The molecule has 1 aliphatic rings. The number of nitrogens with one attached hydrogen (secondary N) is 3. The van der Waals surface area contributed by atoms with Gasteiger partial charge in [-0.25, -0.2) is 8.42 Å². The van der Waals surface area contributed by atoms with Crippen molar-refractivity contribution < 1.29 is 13.2 Å². The summed E-state index contributed by atoms with van der Waals surface area (Å²) in [5, 5.41) is 8.49. The van der Waals surface area contributed by atoms with E-state index >= 15 is 0 Å². The first-order valence-electron chi connectivity index (χ1n) is 8.19. The van der Waals surface area contributed by atoms with E-state index in [1.807, 2.05) is 11.4 Å². The Kier molecular flexibility index (Phi) is 5.86. The second kappa shape index (κ2) is 7.96. The van der Waals surface area contributed by atoms with E-state index < -0.39 is 10.0 Å². The Morgan fingerprint density at radius 1 is 1.19 bits per heavy atom. The molecule has 26 heavy (non-hydrogen) atoms. The summed E-state index contributed by atoms with van der Waals surface area (Å²) in [7, 11) is -3.42. The highest BCUT2D eigenvalue weighted by Crippen LogP contribution is 2.30. The van der Waals surface area contributed by atoms with Gasteiger partial charge in [0.15, 0.2) is 0 Å². The Hall–Kier alpha value is -1.61. The molecule has 0 saturated carbocycles. The van der Waals surface area contributed by atoms with Gasteiger partial charge in [-0.3, -0.25) is 9.52 Å². The van der Waals surface area contributed by atoms with Crippen LogP contribution in [0.5, 0.6) is 0 Å². The van der Waals surface area contributed by atoms with E-state index in [9.17, 15) is 13.2 Å². The molecule has 0 bridgehead atoms. The molecule has 3 rings (SSSR count). The normalized spacial score (nSPS) is 15.6. The SMILES string of the molecule is CS(=O)(=O)Nc1cc(Cl)cc(NC(=O)c2cc(C3CCNCC3)cs2)c1. The topological polar surface area (TPSA) is 87.3 Å². The second-order valence-corrected chi connectivity index (χ2v) is 9.42. The maximum atomic E-state index is 12.5. The molecule has 1 aromatic heterocycles. The van der Waals surface area contributed by atoms with Crippen LogP contribution >= 0.6 is 22.9 Å². The first-order chi connectivity index (χ1) is 12.3. The van der Waals surface area contributed by atoms with Crippen molar-refractivity contribution in [3.63, 3.8) is 0 Å². The van der Waals surface area contributed by atoms with Gasteiger partial charge in [0.2, 0.25) is 10.0 Å². The van der Waals surface area contributed by atoms with E-state index in [1.165, 1.54) is 29.0 Å². The molecule has 3 N–H and O–H groups in total. The third-order valence-corrected chi connectivity index (χ3v) is 5.88. The third kappa shape index (κ3) is 5.20. The smallest absolute Gasteiger partial charge is 0.265 e. The minimum atomic E-state index is -3.42. The van der Waals surface area contributed by atoms with Crippen LogP contribution in [0.15, 0.2) is 29.6 Å². The molecule has 0 unspecified atom stereocenters. The van der Waals surface area contributed by atoms with E-state index in [0.717, 1.165) is 32.2 Å². The molecule has 2 heterocycles. The summed E-state index contributed by atoms with van der Waals surface area (Å²) in [5.41, 5.74) is 1.94. The zero-order chi connectivity index (χ0) is 18.7. The standard InChI is InChI=1S/C17H20ClN3O3S2/c1-26(23,24)21-15-8-13(18)7-14(9-15)20-17(22)16-6-12(10-25-16)11-2-4-19-5-3-11/h6-11,19,21H,2-5H2,1H3,(H,20,22). The molecule has 0 spiro atoms. The van der Waals surface area contributed by atoms with Crippen molar-refractivity contribution in [2.24, 2.45) is 0 Å². The molecule has 9 heteroatoms. The van der Waals surface area contributed by atoms with Gasteiger partial charge in [-0.1, -0.05) is 11.6 Å². The summed E-state index contributed by atoms with van der Waals surface area (Å²) in [6.07, 6.45) is 3.21. The number of piperidine rings is 1. The van der Waals surface area contributed by atoms with Gasteiger partial charge in [-0.15, -0.1) is 11.3 Å². The molecular formula is C17H20ClN3O3S2. The van der Waals surface area contributed by atoms with Gasteiger partial charge in [-0.05, 0) is 67.1 Å². The molecule has 1 amide bonds. The number of amides is 1. The van der Waals surface area contributed by atoms with Gasteiger partial charge in [0.05, 0.1) is 16.8 Å². The monoisotopic (exact) mass is 413 g/mol. The van der Waals surface area contributed by atoms with Gasteiger partial charge in [-0.2, -0.15) is 0 Å². The summed E-state index contributed by atoms with van der Waals surface area (Å²) in [6.45, 7) is 2.00. The van der Waals surface area contributed by atoms with E-state index in [-0.39, 0.29) is 5.91 Å². The second-order valence-electron chi connectivity index (χ2n) is 6.33. The lowest BCUT2D eigenvalue weighted by Gasteiger charge is -2.21. The number of halogens is 1. The van der Waals surface area contributed by atoms with Crippen molar-refractivity contribution in [2.75, 3.05) is 29.4 Å². The predicted octanol–water partition coefficient (Wildman–Crippen LogP) is 3.49. The minimum absolute atomic E-state index is 0.234. The highest BCUT2D eigenvalue weighted by Gasteiger charge is 2.18. The molecule has 0 radical (unpaired) electrons. The molecule has 0 aliphatic carbocycles. The lowest BCUT2D eigenvalue weighted by Crippen LogP contribution is -2.26. The fraction of sp³-hybridized carbons (Fsp3) is 0.353. The van der Waals surface area contributed by atoms with Crippen LogP contribution in [0.3, 0.4) is 0 Å². The number of benzene rings is 1. The Morgan fingerprint density at radius 2 is 1.88 bits per heavy atom. The quantitative estimate of drug-likeness (QED) is 0.700. The number of carbonyl (C=O) groups is 1. The van der Waals surface area contributed by atoms with Crippen molar-refractivity contribution in [1.29, 1.82) is 0 Å². The Bertz CT molecular complexity index is 906. The van der Waals surface area contributed by atoms with Crippen molar-refractivity contribution in [3.8, 4) is 0 Å². The summed E-state index contributed by atoms with van der Waals surface area (Å²) in [6, 6.07) is 6.54. The third-order valence-electron chi connectivity index (χ3n) is 4.11. The Morgan fingerprint density at radius 3 is 2.58 bits per heavy atom. The van der Waals surface area contributed by atoms with Crippen LogP contribution in [-0.2, 0) is 10.0 Å². The predicted molar refractivity (Wildman–Crippen MR) is 107 cm³/mol. The summed E-state index contributed by atoms with van der Waals surface area (Å²) >= 11 is 7.44. The summed E-state index contributed by atoms with van der Waals surface area (Å²) < 4.78 is 25.1. The van der Waals surface area contributed by atoms with Gasteiger partial charge in [0.1, 0.15) is 0 Å². The van der Waals surface area contributed by atoms with Crippen molar-refractivity contribution in [3.05, 3.63) is 45.1 Å². The van der Waals surface area contributed by atoms with Crippen LogP contribution in [-0.4, -0.2) is 33.7 Å². The maximum absolute atomic E-state index is 12.5. The van der Waals surface area contributed by atoms with Crippen molar-refractivity contribution in [1.82, 2.24) is 5.32 Å². The average Bonchev–Trinajstić information content (AvgIpc) is 3.03. The van der Waals surface area contributed by atoms with Crippen molar-refractivity contribution >= 4 is 50.2 Å². The van der Waals surface area contributed by atoms with E-state index in [0.29, 0.717) is 27.2 Å². The van der Waals surface area contributed by atoms with Gasteiger partial charge in [0.25, 0.3) is 5.91 Å². The molecule has 1 fully saturated rings. The zero-order valence-corrected chi connectivity index (χ0v) is 16.6. The number of rotatable bonds is 5. The molecular weight excluding hydrogens is 394 g/mol. The highest BCUT2D eigenvalue weighted by molar-refractivity contribution is 7.92.